The maximum absolute atomic E-state index is 13.0. The highest BCUT2D eigenvalue weighted by atomic mass is 31.2. The molecule has 0 radical (unpaired) electrons. The van der Waals surface area contributed by atoms with E-state index >= 15 is 0 Å². The first-order chi connectivity index (χ1) is 33.5. The third-order valence-corrected chi connectivity index (χ3v) is 14.9. The van der Waals surface area contributed by atoms with Crippen molar-refractivity contribution in [1.29, 1.82) is 0 Å². The predicted molar refractivity (Wildman–Crippen MR) is 300 cm³/mol. The molecule has 69 heavy (non-hydrogen) atoms. The minimum absolute atomic E-state index is 0.0751. The second-order valence-corrected chi connectivity index (χ2v) is 23.5. The number of nitrogens with zero attached hydrogens (tertiary/aromatic N) is 1. The van der Waals surface area contributed by atoms with Gasteiger partial charge in [0.05, 0.1) is 39.9 Å². The molecule has 0 aromatic rings. The molecule has 0 aliphatic carbocycles. The normalized spacial score (nSPS) is 14.0. The molecule has 0 spiro atoms. The summed E-state index contributed by atoms with van der Waals surface area (Å²) in [7, 11) is 1.62. The van der Waals surface area contributed by atoms with Gasteiger partial charge in [-0.2, -0.15) is 0 Å². The van der Waals surface area contributed by atoms with Crippen molar-refractivity contribution in [3.8, 4) is 0 Å². The monoisotopic (exact) mass is 996 g/mol. The molecule has 0 aliphatic rings. The largest absolute Gasteiger partial charge is 0.472 e. The van der Waals surface area contributed by atoms with Crippen molar-refractivity contribution in [3.63, 3.8) is 0 Å². The van der Waals surface area contributed by atoms with Crippen LogP contribution in [0, 0.1) is 0 Å². The molecule has 0 aromatic carbocycles. The number of likely N-dealkylation sites (N-methyl/N-ethyl adjacent to an activating group) is 1. The number of rotatable bonds is 56. The molecule has 3 atom stereocenters. The number of hydrogen-bond acceptors (Lipinski definition) is 5. The molecular formula is C60H120N2O6P+. The number of allylic oxidation sites excluding steroid dienone is 4. The third-order valence-electron chi connectivity index (χ3n) is 14.0. The van der Waals surface area contributed by atoms with Crippen molar-refractivity contribution in [2.24, 2.45) is 0 Å². The lowest BCUT2D eigenvalue weighted by atomic mass is 10.0. The summed E-state index contributed by atoms with van der Waals surface area (Å²) in [5, 5.41) is 14.1. The first-order valence-corrected chi connectivity index (χ1v) is 31.7. The van der Waals surface area contributed by atoms with E-state index in [2.05, 4.69) is 43.5 Å². The van der Waals surface area contributed by atoms with E-state index in [0.717, 1.165) is 44.9 Å². The Hall–Kier alpha value is -1.02. The van der Waals surface area contributed by atoms with Crippen LogP contribution in [-0.4, -0.2) is 73.4 Å². The number of phosphoric ester groups is 1. The second-order valence-electron chi connectivity index (χ2n) is 22.1. The molecule has 9 heteroatoms. The number of aliphatic hydroxyl groups excluding tert-OH is 1. The van der Waals surface area contributed by atoms with Crippen LogP contribution in [0.1, 0.15) is 303 Å². The van der Waals surface area contributed by atoms with Gasteiger partial charge in [0.25, 0.3) is 0 Å². The number of quaternary nitrogens is 1. The fraction of sp³-hybridized carbons (Fsp3) is 0.917. The Morgan fingerprint density at radius 2 is 0.826 bits per heavy atom. The Bertz CT molecular complexity index is 1170. The summed E-state index contributed by atoms with van der Waals surface area (Å²) in [5.74, 6) is -0.145. The number of phosphoric acid groups is 1. The van der Waals surface area contributed by atoms with Crippen LogP contribution in [0.2, 0.25) is 0 Å². The van der Waals surface area contributed by atoms with E-state index in [4.69, 9.17) is 9.05 Å². The molecule has 0 saturated carbocycles. The summed E-state index contributed by atoms with van der Waals surface area (Å²) in [6.07, 6.45) is 65.3. The van der Waals surface area contributed by atoms with Crippen LogP contribution in [-0.2, 0) is 18.4 Å². The van der Waals surface area contributed by atoms with E-state index < -0.39 is 20.0 Å². The molecule has 0 bridgehead atoms. The molecule has 3 N–H and O–H groups in total. The van der Waals surface area contributed by atoms with Gasteiger partial charge in [-0.15, -0.1) is 0 Å². The zero-order chi connectivity index (χ0) is 50.6. The lowest BCUT2D eigenvalue weighted by Crippen LogP contribution is -2.46. The Kier molecular flexibility index (Phi) is 51.1. The highest BCUT2D eigenvalue weighted by Crippen LogP contribution is 2.43. The Balaban J connectivity index is 4.09. The summed E-state index contributed by atoms with van der Waals surface area (Å²) in [6, 6.07) is -0.762. The first kappa shape index (κ1) is 68.0. The summed E-state index contributed by atoms with van der Waals surface area (Å²) >= 11 is 0. The number of carbonyl (C=O) groups excluding carboxylic acids is 1. The average Bonchev–Trinajstić information content (AvgIpc) is 3.31. The molecule has 0 aliphatic heterocycles. The molecule has 0 aromatic heterocycles. The van der Waals surface area contributed by atoms with Crippen molar-refractivity contribution in [3.05, 3.63) is 24.3 Å². The quantitative estimate of drug-likeness (QED) is 0.0243. The SMILES string of the molecule is CCCCC/C=C\C/C=C\CCCCCCCCCCCC(=O)NC(COP(=O)(O)OCC[N+](C)(C)C)C(O)CCCCCCCCCCCCCCCCCCCCCCCCCCCCCC. The molecule has 1 amide bonds. The zero-order valence-electron chi connectivity index (χ0n) is 46.8. The average molecular weight is 997 g/mol. The van der Waals surface area contributed by atoms with E-state index in [0.29, 0.717) is 23.9 Å². The van der Waals surface area contributed by atoms with Crippen LogP contribution in [0.25, 0.3) is 0 Å². The number of unbranched alkanes of at least 4 members (excludes halogenated alkanes) is 39. The van der Waals surface area contributed by atoms with Crippen molar-refractivity contribution in [2.75, 3.05) is 40.9 Å². The van der Waals surface area contributed by atoms with E-state index in [1.807, 2.05) is 21.1 Å². The summed E-state index contributed by atoms with van der Waals surface area (Å²) in [4.78, 5) is 23.3. The van der Waals surface area contributed by atoms with E-state index in [1.165, 1.54) is 231 Å². The van der Waals surface area contributed by atoms with Gasteiger partial charge >= 0.3 is 7.82 Å². The van der Waals surface area contributed by atoms with Crippen LogP contribution >= 0.6 is 7.82 Å². The van der Waals surface area contributed by atoms with Crippen LogP contribution in [0.5, 0.6) is 0 Å². The molecule has 0 saturated heterocycles. The molecule has 0 fully saturated rings. The minimum atomic E-state index is -4.32. The van der Waals surface area contributed by atoms with Gasteiger partial charge in [0.1, 0.15) is 13.2 Å². The van der Waals surface area contributed by atoms with Crippen molar-refractivity contribution in [1.82, 2.24) is 5.32 Å². The lowest BCUT2D eigenvalue weighted by Gasteiger charge is -2.26. The minimum Gasteiger partial charge on any atom is -0.391 e. The van der Waals surface area contributed by atoms with Crippen LogP contribution < -0.4 is 5.32 Å². The number of nitrogens with one attached hydrogen (secondary N) is 1. The fourth-order valence-electron chi connectivity index (χ4n) is 9.20. The molecule has 8 nitrogen and oxygen atoms in total. The predicted octanol–water partition coefficient (Wildman–Crippen LogP) is 18.4. The van der Waals surface area contributed by atoms with Crippen molar-refractivity contribution >= 4 is 13.7 Å². The second kappa shape index (κ2) is 51.9. The Morgan fingerprint density at radius 1 is 0.493 bits per heavy atom. The molecule has 0 heterocycles. The van der Waals surface area contributed by atoms with Crippen LogP contribution in [0.4, 0.5) is 0 Å². The summed E-state index contributed by atoms with van der Waals surface area (Å²) in [5.41, 5.74) is 0. The molecular weight excluding hydrogens is 876 g/mol. The number of amides is 1. The van der Waals surface area contributed by atoms with Gasteiger partial charge in [-0.25, -0.2) is 4.57 Å². The number of aliphatic hydroxyl groups is 1. The van der Waals surface area contributed by atoms with Crippen molar-refractivity contribution in [2.45, 2.75) is 315 Å². The Morgan fingerprint density at radius 3 is 1.22 bits per heavy atom. The van der Waals surface area contributed by atoms with Gasteiger partial charge in [0.15, 0.2) is 0 Å². The number of hydrogen-bond donors (Lipinski definition) is 3. The number of carbonyl (C=O) groups is 1. The van der Waals surface area contributed by atoms with Gasteiger partial charge < -0.3 is 19.8 Å². The first-order valence-electron chi connectivity index (χ1n) is 30.2. The molecule has 3 unspecified atom stereocenters. The van der Waals surface area contributed by atoms with E-state index in [9.17, 15) is 19.4 Å². The lowest BCUT2D eigenvalue weighted by molar-refractivity contribution is -0.870. The third kappa shape index (κ3) is 54.6. The smallest absolute Gasteiger partial charge is 0.391 e. The Labute approximate surface area is 430 Å². The summed E-state index contributed by atoms with van der Waals surface area (Å²) < 4.78 is 23.8. The van der Waals surface area contributed by atoms with E-state index in [1.54, 1.807) is 0 Å². The highest BCUT2D eigenvalue weighted by molar-refractivity contribution is 7.47. The standard InChI is InChI=1S/C60H119N2O6P/c1-6-8-10-12-14-16-18-20-22-24-26-27-28-29-30-31-32-33-34-36-37-39-41-43-45-47-49-51-53-59(63)58(57-68-69(65,66)67-56-55-62(3,4)5)61-60(64)54-52-50-48-46-44-42-40-38-35-25-23-21-19-17-15-13-11-9-7-2/h15,17,21,23,58-59,63H,6-14,16,18-20,22,24-57H2,1-5H3,(H-,61,64,65,66)/p+1/b17-15-,23-21-. The van der Waals surface area contributed by atoms with E-state index in [-0.39, 0.29) is 19.1 Å². The van der Waals surface area contributed by atoms with Gasteiger partial charge in [-0.3, -0.25) is 13.8 Å². The maximum atomic E-state index is 13.0. The zero-order valence-corrected chi connectivity index (χ0v) is 47.7. The van der Waals surface area contributed by atoms with Crippen LogP contribution in [0.3, 0.4) is 0 Å². The molecule has 0 rings (SSSR count). The van der Waals surface area contributed by atoms with Gasteiger partial charge in [-0.1, -0.05) is 276 Å². The highest BCUT2D eigenvalue weighted by Gasteiger charge is 2.28. The van der Waals surface area contributed by atoms with Crippen molar-refractivity contribution < 1.29 is 32.9 Å². The van der Waals surface area contributed by atoms with Crippen LogP contribution in [0.15, 0.2) is 24.3 Å². The van der Waals surface area contributed by atoms with Gasteiger partial charge in [0, 0.05) is 6.42 Å². The van der Waals surface area contributed by atoms with Gasteiger partial charge in [-0.05, 0) is 44.9 Å². The summed E-state index contributed by atoms with van der Waals surface area (Å²) in [6.45, 7) is 4.90. The maximum Gasteiger partial charge on any atom is 0.472 e. The molecule has 410 valence electrons. The fourth-order valence-corrected chi connectivity index (χ4v) is 9.93. The topological polar surface area (TPSA) is 105 Å². The van der Waals surface area contributed by atoms with Gasteiger partial charge in [0.2, 0.25) is 5.91 Å².